The summed E-state index contributed by atoms with van der Waals surface area (Å²) in [6.45, 7) is 7.49. The molecule has 0 bridgehead atoms. The zero-order chi connectivity index (χ0) is 21.8. The molecule has 2 atom stereocenters. The molecule has 0 spiro atoms. The number of aliphatic imine (C=N–C) groups is 1. The predicted octanol–water partition coefficient (Wildman–Crippen LogP) is 3.34. The van der Waals surface area contributed by atoms with Gasteiger partial charge < -0.3 is 20.1 Å². The lowest BCUT2D eigenvalue weighted by Crippen LogP contribution is -2.56. The highest BCUT2D eigenvalue weighted by Gasteiger charge is 2.34. The van der Waals surface area contributed by atoms with Gasteiger partial charge >= 0.3 is 5.97 Å². The Bertz CT molecular complexity index is 882. The SMILES string of the molecule is CCCO[C@H]1CN(c2nc(C)c(C(=O)O)s2)CC[C@H]1NC(=O)C1=NC(Cl)=C(CC)C1. The molecule has 1 aromatic heterocycles. The molecule has 2 aliphatic rings. The number of piperidine rings is 1. The Kier molecular flexibility index (Phi) is 7.49. The normalized spacial score (nSPS) is 21.7. The first-order chi connectivity index (χ1) is 14.3. The largest absolute Gasteiger partial charge is 0.477 e. The van der Waals surface area contributed by atoms with Crippen LogP contribution < -0.4 is 10.2 Å². The summed E-state index contributed by atoms with van der Waals surface area (Å²) in [5.74, 6) is -1.17. The molecule has 0 saturated carbocycles. The van der Waals surface area contributed by atoms with Gasteiger partial charge in [0.05, 0.1) is 17.8 Å². The highest BCUT2D eigenvalue weighted by atomic mass is 35.5. The van der Waals surface area contributed by atoms with Gasteiger partial charge in [0, 0.05) is 26.1 Å². The van der Waals surface area contributed by atoms with Crippen LogP contribution in [0.1, 0.15) is 54.9 Å². The first-order valence-electron chi connectivity index (χ1n) is 10.2. The molecule has 3 rings (SSSR count). The average molecular weight is 455 g/mol. The van der Waals surface area contributed by atoms with Gasteiger partial charge in [0.25, 0.3) is 5.91 Å². The zero-order valence-electron chi connectivity index (χ0n) is 17.4. The van der Waals surface area contributed by atoms with Crippen LogP contribution >= 0.6 is 22.9 Å². The van der Waals surface area contributed by atoms with E-state index in [1.807, 2.05) is 18.7 Å². The van der Waals surface area contributed by atoms with Crippen LogP contribution in [0.4, 0.5) is 5.13 Å². The van der Waals surface area contributed by atoms with Crippen molar-refractivity contribution in [2.45, 2.75) is 58.6 Å². The number of carboxylic acids is 1. The van der Waals surface area contributed by atoms with Crippen molar-refractivity contribution in [3.8, 4) is 0 Å². The highest BCUT2D eigenvalue weighted by molar-refractivity contribution is 7.17. The molecule has 0 aliphatic carbocycles. The van der Waals surface area contributed by atoms with E-state index in [-0.39, 0.29) is 22.9 Å². The number of nitrogens with one attached hydrogen (secondary N) is 1. The van der Waals surface area contributed by atoms with E-state index in [0.717, 1.165) is 18.4 Å². The molecule has 8 nitrogen and oxygen atoms in total. The molecule has 0 aromatic carbocycles. The number of aryl methyl sites for hydroxylation is 1. The van der Waals surface area contributed by atoms with Crippen molar-refractivity contribution in [1.82, 2.24) is 10.3 Å². The van der Waals surface area contributed by atoms with Crippen LogP contribution in [0.5, 0.6) is 0 Å². The Balaban J connectivity index is 1.68. The minimum atomic E-state index is -0.965. The molecule has 0 radical (unpaired) electrons. The van der Waals surface area contributed by atoms with Crippen LogP contribution in [0.2, 0.25) is 0 Å². The predicted molar refractivity (Wildman–Crippen MR) is 118 cm³/mol. The quantitative estimate of drug-likeness (QED) is 0.584. The van der Waals surface area contributed by atoms with E-state index >= 15 is 0 Å². The van der Waals surface area contributed by atoms with Crippen LogP contribution in [-0.4, -0.2) is 59.5 Å². The number of thiazole rings is 1. The number of hydrogen-bond acceptors (Lipinski definition) is 7. The van der Waals surface area contributed by atoms with Crippen LogP contribution in [0.15, 0.2) is 15.7 Å². The summed E-state index contributed by atoms with van der Waals surface area (Å²) in [5.41, 5.74) is 1.93. The molecular weight excluding hydrogens is 428 g/mol. The number of carboxylic acid groups (broad SMARTS) is 1. The van der Waals surface area contributed by atoms with Gasteiger partial charge in [-0.25, -0.2) is 14.8 Å². The summed E-state index contributed by atoms with van der Waals surface area (Å²) in [4.78, 5) is 35.0. The van der Waals surface area contributed by atoms with E-state index in [1.165, 1.54) is 11.3 Å². The lowest BCUT2D eigenvalue weighted by Gasteiger charge is -2.38. The van der Waals surface area contributed by atoms with Crippen molar-refractivity contribution in [1.29, 1.82) is 0 Å². The summed E-state index contributed by atoms with van der Waals surface area (Å²) in [7, 11) is 0. The number of rotatable bonds is 8. The summed E-state index contributed by atoms with van der Waals surface area (Å²) in [6.07, 6.45) is 2.55. The number of halogens is 1. The van der Waals surface area contributed by atoms with Crippen LogP contribution in [0.3, 0.4) is 0 Å². The third-order valence-corrected chi connectivity index (χ3v) is 6.81. The number of allylic oxidation sites excluding steroid dienone is 1. The number of carbonyl (C=O) groups excluding carboxylic acids is 1. The number of amides is 1. The van der Waals surface area contributed by atoms with Gasteiger partial charge in [-0.2, -0.15) is 0 Å². The molecule has 3 heterocycles. The van der Waals surface area contributed by atoms with Gasteiger partial charge in [-0.05, 0) is 31.8 Å². The molecule has 1 amide bonds. The van der Waals surface area contributed by atoms with Gasteiger partial charge in [-0.1, -0.05) is 36.8 Å². The summed E-state index contributed by atoms with van der Waals surface area (Å²) in [6, 6.07) is -0.160. The molecule has 2 N–H and O–H groups in total. The third-order valence-electron chi connectivity index (χ3n) is 5.26. The van der Waals surface area contributed by atoms with Crippen molar-refractivity contribution in [2.24, 2.45) is 4.99 Å². The molecular formula is C20H27ClN4O4S. The average Bonchev–Trinajstić information content (AvgIpc) is 3.29. The molecule has 1 aromatic rings. The molecule has 164 valence electrons. The van der Waals surface area contributed by atoms with Crippen molar-refractivity contribution >= 4 is 45.7 Å². The fourth-order valence-electron chi connectivity index (χ4n) is 3.58. The maximum Gasteiger partial charge on any atom is 0.347 e. The Morgan fingerprint density at radius 2 is 2.17 bits per heavy atom. The van der Waals surface area contributed by atoms with E-state index in [2.05, 4.69) is 15.3 Å². The minimum absolute atomic E-state index is 0.160. The number of anilines is 1. The van der Waals surface area contributed by atoms with Gasteiger partial charge in [-0.3, -0.25) is 4.79 Å². The van der Waals surface area contributed by atoms with E-state index in [4.69, 9.17) is 16.3 Å². The highest BCUT2D eigenvalue weighted by Crippen LogP contribution is 2.30. The van der Waals surface area contributed by atoms with Crippen LogP contribution in [0, 0.1) is 6.92 Å². The van der Waals surface area contributed by atoms with E-state index in [9.17, 15) is 14.7 Å². The summed E-state index contributed by atoms with van der Waals surface area (Å²) < 4.78 is 6.04. The second kappa shape index (κ2) is 9.89. The molecule has 10 heteroatoms. The fourth-order valence-corrected chi connectivity index (χ4v) is 4.82. The topological polar surface area (TPSA) is 104 Å². The van der Waals surface area contributed by atoms with Gasteiger partial charge in [0.1, 0.15) is 15.7 Å². The maximum absolute atomic E-state index is 12.7. The number of nitrogens with zero attached hydrogens (tertiary/aromatic N) is 3. The number of carbonyl (C=O) groups is 2. The Morgan fingerprint density at radius 1 is 1.40 bits per heavy atom. The van der Waals surface area contributed by atoms with Crippen molar-refractivity contribution in [3.05, 3.63) is 21.3 Å². The standard InChI is InChI=1S/C20H27ClN4O4S/c1-4-8-29-15-10-25(20-22-11(3)16(30-20)19(27)28)7-6-13(15)24-18(26)14-9-12(5-2)17(21)23-14/h13,15H,4-10H2,1-3H3,(H,24,26)(H,27,28)/t13-,15+/m1/s1. The first kappa shape index (κ1) is 22.7. The molecule has 2 aliphatic heterocycles. The smallest absolute Gasteiger partial charge is 0.347 e. The number of aromatic nitrogens is 1. The van der Waals surface area contributed by atoms with Crippen LogP contribution in [0.25, 0.3) is 0 Å². The second-order valence-electron chi connectivity index (χ2n) is 7.42. The van der Waals surface area contributed by atoms with Crippen molar-refractivity contribution in [2.75, 3.05) is 24.6 Å². The second-order valence-corrected chi connectivity index (χ2v) is 8.76. The number of hydrogen-bond donors (Lipinski definition) is 2. The minimum Gasteiger partial charge on any atom is -0.477 e. The van der Waals surface area contributed by atoms with E-state index in [0.29, 0.717) is 54.2 Å². The summed E-state index contributed by atoms with van der Waals surface area (Å²) in [5, 5.41) is 13.5. The lowest BCUT2D eigenvalue weighted by atomic mass is 10.0. The fraction of sp³-hybridized carbons (Fsp3) is 0.600. The monoisotopic (exact) mass is 454 g/mol. The third kappa shape index (κ3) is 5.01. The lowest BCUT2D eigenvalue weighted by molar-refractivity contribution is -0.117. The Morgan fingerprint density at radius 3 is 2.77 bits per heavy atom. The maximum atomic E-state index is 12.7. The number of ether oxygens (including phenoxy) is 1. The number of aromatic carboxylic acids is 1. The van der Waals surface area contributed by atoms with Crippen molar-refractivity contribution in [3.63, 3.8) is 0 Å². The Labute approximate surface area is 185 Å². The molecule has 30 heavy (non-hydrogen) atoms. The molecule has 1 fully saturated rings. The van der Waals surface area contributed by atoms with Gasteiger partial charge in [-0.15, -0.1) is 0 Å². The first-order valence-corrected chi connectivity index (χ1v) is 11.4. The zero-order valence-corrected chi connectivity index (χ0v) is 19.0. The molecule has 1 saturated heterocycles. The Hall–Kier alpha value is -1.97. The van der Waals surface area contributed by atoms with E-state index in [1.54, 1.807) is 6.92 Å². The summed E-state index contributed by atoms with van der Waals surface area (Å²) >= 11 is 7.29. The van der Waals surface area contributed by atoms with Crippen LogP contribution in [-0.2, 0) is 9.53 Å². The van der Waals surface area contributed by atoms with Gasteiger partial charge in [0.2, 0.25) is 0 Å². The van der Waals surface area contributed by atoms with E-state index < -0.39 is 5.97 Å². The molecule has 0 unspecified atom stereocenters. The van der Waals surface area contributed by atoms with Gasteiger partial charge in [0.15, 0.2) is 5.13 Å². The van der Waals surface area contributed by atoms with Crippen molar-refractivity contribution < 1.29 is 19.4 Å².